The third-order valence-electron chi connectivity index (χ3n) is 2.09. The minimum Gasteiger partial charge on any atom is -1.00 e. The van der Waals surface area contributed by atoms with E-state index < -0.39 is 0 Å². The van der Waals surface area contributed by atoms with Crippen molar-refractivity contribution < 1.29 is 12.4 Å². The molecule has 1 rings (SSSR count). The van der Waals surface area contributed by atoms with E-state index in [0.717, 1.165) is 18.4 Å². The Morgan fingerprint density at radius 2 is 2.07 bits per heavy atom. The molecule has 0 N–H and O–H groups in total. The second kappa shape index (κ2) is 7.27. The monoisotopic (exact) mass is 220 g/mol. The number of carbonyl (C=O) groups excluding carboxylic acids is 1. The third kappa shape index (κ3) is 3.60. The van der Waals surface area contributed by atoms with Crippen LogP contribution in [0.3, 0.4) is 0 Å². The summed E-state index contributed by atoms with van der Waals surface area (Å²) < 4.78 is 4.85. The molecule has 0 saturated carbocycles. The molecule has 0 radical (unpaired) electrons. The molecule has 3 heteroatoms. The van der Waals surface area contributed by atoms with Gasteiger partial charge in [-0.3, -0.25) is 4.79 Å². The zero-order valence-corrected chi connectivity index (χ0v) is 11.0. The van der Waals surface area contributed by atoms with Crippen LogP contribution in [0, 0.1) is 0 Å². The molecule has 0 unspecified atom stereocenters. The first-order valence-corrected chi connectivity index (χ1v) is 4.53. The third-order valence-corrected chi connectivity index (χ3v) is 2.09. The van der Waals surface area contributed by atoms with Gasteiger partial charge in [-0.1, -0.05) is 26.0 Å². The number of carbonyl (C=O) groups is 1. The summed E-state index contributed by atoms with van der Waals surface area (Å²) in [5, 5.41) is 0. The molecule has 2 nitrogen and oxygen atoms in total. The topological polar surface area (TPSA) is 26.3 Å². The summed E-state index contributed by atoms with van der Waals surface area (Å²) in [4.78, 5) is 10.2. The van der Waals surface area contributed by atoms with E-state index in [1.165, 1.54) is 5.56 Å². The molecule has 0 saturated heterocycles. The van der Waals surface area contributed by atoms with Crippen LogP contribution in [0.5, 0.6) is 5.75 Å². The van der Waals surface area contributed by atoms with Crippen molar-refractivity contribution in [3.63, 3.8) is 0 Å². The maximum Gasteiger partial charge on any atom is 2.00 e. The van der Waals surface area contributed by atoms with Crippen LogP contribution in [-0.4, -0.2) is 44.2 Å². The van der Waals surface area contributed by atoms with E-state index in [2.05, 4.69) is 13.0 Å². The Balaban J connectivity index is -0.000000563. The summed E-state index contributed by atoms with van der Waals surface area (Å²) in [7, 11) is 0. The predicted molar refractivity (Wildman–Crippen MR) is 59.9 cm³/mol. The zero-order chi connectivity index (χ0) is 9.68. The Labute approximate surface area is 118 Å². The van der Waals surface area contributed by atoms with Crippen LogP contribution in [0.15, 0.2) is 18.2 Å². The molecule has 0 aliphatic rings. The van der Waals surface area contributed by atoms with E-state index in [-0.39, 0.29) is 40.6 Å². The molecule has 0 heterocycles. The van der Waals surface area contributed by atoms with Gasteiger partial charge in [0.15, 0.2) is 0 Å². The summed E-state index contributed by atoms with van der Waals surface area (Å²) in [6, 6.07) is 5.92. The Morgan fingerprint density at radius 1 is 1.36 bits per heavy atom. The average Bonchev–Trinajstić information content (AvgIpc) is 2.19. The number of hydrogen-bond acceptors (Lipinski definition) is 2. The summed E-state index contributed by atoms with van der Waals surface area (Å²) >= 11 is 0. The maximum absolute atomic E-state index is 10.2. The fourth-order valence-electron chi connectivity index (χ4n) is 1.30. The van der Waals surface area contributed by atoms with Gasteiger partial charge in [0.1, 0.15) is 5.75 Å². The summed E-state index contributed by atoms with van der Waals surface area (Å²) in [6.07, 6.45) is 1.89. The summed E-state index contributed by atoms with van der Waals surface area (Å²) in [6.45, 7) is 4.63. The van der Waals surface area contributed by atoms with Gasteiger partial charge < -0.3 is 7.59 Å². The normalized spacial score (nSPS) is 9.00. The molecular formula is C11H16CaO2. The molecule has 74 valence electrons. The second-order valence-electron chi connectivity index (χ2n) is 2.86. The van der Waals surface area contributed by atoms with Crippen LogP contribution in [0.4, 0.5) is 0 Å². The number of benzene rings is 1. The average molecular weight is 220 g/mol. The predicted octanol–water partition coefficient (Wildman–Crippen LogP) is 2.19. The fourth-order valence-corrected chi connectivity index (χ4v) is 1.30. The molecule has 0 amide bonds. The number of ether oxygens (including phenoxy) is 1. The van der Waals surface area contributed by atoms with E-state index in [0.29, 0.717) is 12.2 Å². The van der Waals surface area contributed by atoms with Gasteiger partial charge in [-0.15, -0.1) is 0 Å². The van der Waals surface area contributed by atoms with E-state index in [4.69, 9.17) is 4.74 Å². The van der Waals surface area contributed by atoms with Crippen LogP contribution < -0.4 is 4.74 Å². The Hall–Kier alpha value is -0.0503. The van der Waals surface area contributed by atoms with E-state index in [1.54, 1.807) is 0 Å². The number of aryl methyl sites for hydroxylation is 2. The van der Waals surface area contributed by atoms with Gasteiger partial charge in [0.25, 0.3) is 6.47 Å². The van der Waals surface area contributed by atoms with Gasteiger partial charge in [-0.2, -0.15) is 0 Å². The number of rotatable bonds is 4. The van der Waals surface area contributed by atoms with E-state index in [9.17, 15) is 4.79 Å². The van der Waals surface area contributed by atoms with Crippen LogP contribution in [0.2, 0.25) is 0 Å². The van der Waals surface area contributed by atoms with Crippen LogP contribution in [-0.2, 0) is 17.6 Å². The molecule has 0 bridgehead atoms. The van der Waals surface area contributed by atoms with Gasteiger partial charge in [0, 0.05) is 0 Å². The quantitative estimate of drug-likeness (QED) is 0.574. The molecule has 0 aliphatic carbocycles. The van der Waals surface area contributed by atoms with Crippen molar-refractivity contribution in [1.82, 2.24) is 0 Å². The molecular weight excluding hydrogens is 204 g/mol. The van der Waals surface area contributed by atoms with Crippen molar-refractivity contribution >= 4 is 44.2 Å². The minimum atomic E-state index is 0. The molecule has 1 aromatic rings. The van der Waals surface area contributed by atoms with Gasteiger partial charge in [-0.05, 0) is 30.0 Å². The first-order chi connectivity index (χ1) is 6.31. The van der Waals surface area contributed by atoms with E-state index in [1.807, 2.05) is 19.1 Å². The molecule has 1 aromatic carbocycles. The van der Waals surface area contributed by atoms with Crippen molar-refractivity contribution in [2.45, 2.75) is 26.7 Å². The molecule has 14 heavy (non-hydrogen) atoms. The Morgan fingerprint density at radius 3 is 2.57 bits per heavy atom. The standard InChI is InChI=1S/C11H14O2.Ca.2H/c1-3-9-5-6-11(13-8-12)10(4-2)7-9;;;/h5-8H,3-4H2,1-2H3;;;/q;+2;2*-1. The van der Waals surface area contributed by atoms with Crippen LogP contribution in [0.1, 0.15) is 27.8 Å². The summed E-state index contributed by atoms with van der Waals surface area (Å²) in [5.41, 5.74) is 2.36. The van der Waals surface area contributed by atoms with Crippen LogP contribution in [0.25, 0.3) is 0 Å². The second-order valence-corrected chi connectivity index (χ2v) is 2.86. The van der Waals surface area contributed by atoms with Crippen molar-refractivity contribution in [2.24, 2.45) is 0 Å². The van der Waals surface area contributed by atoms with Crippen molar-refractivity contribution in [2.75, 3.05) is 0 Å². The Kier molecular flexibility index (Phi) is 7.24. The zero-order valence-electron chi connectivity index (χ0n) is 10.7. The van der Waals surface area contributed by atoms with Gasteiger partial charge >= 0.3 is 37.7 Å². The van der Waals surface area contributed by atoms with Crippen molar-refractivity contribution in [1.29, 1.82) is 0 Å². The molecule has 0 atom stereocenters. The molecule has 0 spiro atoms. The van der Waals surface area contributed by atoms with Crippen molar-refractivity contribution in [3.8, 4) is 5.75 Å². The van der Waals surface area contributed by atoms with Gasteiger partial charge in [-0.25, -0.2) is 0 Å². The van der Waals surface area contributed by atoms with Crippen molar-refractivity contribution in [3.05, 3.63) is 29.3 Å². The first kappa shape index (κ1) is 13.9. The smallest absolute Gasteiger partial charge is 1.00 e. The SMILES string of the molecule is CCc1ccc(OC=O)c(CC)c1.[Ca+2].[H-].[H-]. The first-order valence-electron chi connectivity index (χ1n) is 4.53. The molecule has 0 aliphatic heterocycles. The Bertz CT molecular complexity index is 306. The fraction of sp³-hybridized carbons (Fsp3) is 0.364. The van der Waals surface area contributed by atoms with Crippen LogP contribution >= 0.6 is 0 Å². The minimum absolute atomic E-state index is 0. The number of hydrogen-bond donors (Lipinski definition) is 0. The largest absolute Gasteiger partial charge is 2.00 e. The molecule has 0 aromatic heterocycles. The van der Waals surface area contributed by atoms with E-state index >= 15 is 0 Å². The maximum atomic E-state index is 10.2. The van der Waals surface area contributed by atoms with Gasteiger partial charge in [0.2, 0.25) is 0 Å². The van der Waals surface area contributed by atoms with Gasteiger partial charge in [0.05, 0.1) is 0 Å². The summed E-state index contributed by atoms with van der Waals surface area (Å²) in [5.74, 6) is 0.676. The molecule has 0 fully saturated rings.